The molecule has 8 nitrogen and oxygen atoms in total. The molecule has 0 aliphatic rings. The second-order valence-corrected chi connectivity index (χ2v) is 8.95. The highest BCUT2D eigenvalue weighted by atomic mass is 35.5. The van der Waals surface area contributed by atoms with Gasteiger partial charge in [0.2, 0.25) is 5.91 Å². The number of hydrogen-bond donors (Lipinski definition) is 1. The topological polar surface area (TPSA) is 110 Å². The van der Waals surface area contributed by atoms with Gasteiger partial charge in [0.15, 0.2) is 0 Å². The van der Waals surface area contributed by atoms with Gasteiger partial charge >= 0.3 is 0 Å². The Kier molecular flexibility index (Phi) is 6.79. The second-order valence-electron chi connectivity index (χ2n) is 6.24. The zero-order chi connectivity index (χ0) is 22.6. The number of nitro benzene ring substituents is 1. The van der Waals surface area contributed by atoms with Gasteiger partial charge in [0.25, 0.3) is 15.7 Å². The number of carbonyl (C=O) groups excluding carboxylic acids is 1. The van der Waals surface area contributed by atoms with Crippen molar-refractivity contribution >= 4 is 56.2 Å². The number of nitrogens with zero attached hydrogens (tertiary/aromatic N) is 2. The highest BCUT2D eigenvalue weighted by Crippen LogP contribution is 2.32. The van der Waals surface area contributed by atoms with E-state index in [1.165, 1.54) is 60.7 Å². The zero-order valence-corrected chi connectivity index (χ0v) is 18.1. The number of benzene rings is 3. The number of halogens is 2. The number of sulfonamides is 1. The molecule has 0 fully saturated rings. The minimum atomic E-state index is -4.31. The average Bonchev–Trinajstić information content (AvgIpc) is 2.75. The molecule has 0 atom stereocenters. The van der Waals surface area contributed by atoms with Gasteiger partial charge in [-0.15, -0.1) is 0 Å². The van der Waals surface area contributed by atoms with Gasteiger partial charge < -0.3 is 5.32 Å². The Labute approximate surface area is 188 Å². The van der Waals surface area contributed by atoms with E-state index in [0.29, 0.717) is 9.33 Å². The van der Waals surface area contributed by atoms with E-state index in [-0.39, 0.29) is 21.3 Å². The average molecular weight is 480 g/mol. The predicted octanol–water partition coefficient (Wildman–Crippen LogP) is 4.74. The van der Waals surface area contributed by atoms with Gasteiger partial charge in [-0.25, -0.2) is 12.7 Å². The Morgan fingerprint density at radius 3 is 2.32 bits per heavy atom. The van der Waals surface area contributed by atoms with E-state index in [4.69, 9.17) is 23.2 Å². The number of hydrogen-bond acceptors (Lipinski definition) is 5. The molecule has 1 amide bonds. The number of rotatable bonds is 7. The van der Waals surface area contributed by atoms with Crippen LogP contribution in [0.5, 0.6) is 0 Å². The van der Waals surface area contributed by atoms with Gasteiger partial charge in [-0.3, -0.25) is 14.9 Å². The lowest BCUT2D eigenvalue weighted by atomic mass is 10.2. The number of nitrogens with one attached hydrogen (secondary N) is 1. The summed E-state index contributed by atoms with van der Waals surface area (Å²) in [5.41, 5.74) is -0.530. The number of para-hydroxylation sites is 2. The van der Waals surface area contributed by atoms with Crippen LogP contribution in [0.25, 0.3) is 0 Å². The first-order valence-corrected chi connectivity index (χ1v) is 11.0. The van der Waals surface area contributed by atoms with Crippen molar-refractivity contribution in [3.8, 4) is 0 Å². The van der Waals surface area contributed by atoms with Crippen molar-refractivity contribution in [2.75, 3.05) is 16.2 Å². The molecule has 3 rings (SSSR count). The monoisotopic (exact) mass is 479 g/mol. The SMILES string of the molecule is O=C(CN(c1ccccc1[N+](=O)[O-])S(=O)(=O)c1ccccc1)Nc1cc(Cl)ccc1Cl. The third kappa shape index (κ3) is 5.13. The summed E-state index contributed by atoms with van der Waals surface area (Å²) in [5, 5.41) is 14.5. The molecular weight excluding hydrogens is 465 g/mol. The summed E-state index contributed by atoms with van der Waals surface area (Å²) in [4.78, 5) is 23.4. The molecule has 0 bridgehead atoms. The molecule has 31 heavy (non-hydrogen) atoms. The van der Waals surface area contributed by atoms with E-state index in [2.05, 4.69) is 5.32 Å². The molecule has 0 aromatic heterocycles. The normalized spacial score (nSPS) is 11.0. The van der Waals surface area contributed by atoms with Crippen molar-refractivity contribution < 1.29 is 18.1 Å². The first kappa shape index (κ1) is 22.5. The minimum Gasteiger partial charge on any atom is -0.323 e. The fourth-order valence-corrected chi connectivity index (χ4v) is 4.56. The van der Waals surface area contributed by atoms with Crippen LogP contribution in [0.4, 0.5) is 17.1 Å². The van der Waals surface area contributed by atoms with Gasteiger partial charge in [0, 0.05) is 11.1 Å². The molecule has 160 valence electrons. The minimum absolute atomic E-state index is 0.123. The Bertz CT molecular complexity index is 1240. The Morgan fingerprint density at radius 1 is 1.00 bits per heavy atom. The van der Waals surface area contributed by atoms with E-state index in [1.807, 2.05) is 0 Å². The first-order chi connectivity index (χ1) is 14.7. The van der Waals surface area contributed by atoms with Crippen LogP contribution in [0.3, 0.4) is 0 Å². The van der Waals surface area contributed by atoms with E-state index < -0.39 is 33.1 Å². The van der Waals surface area contributed by atoms with E-state index in [0.717, 1.165) is 6.07 Å². The van der Waals surface area contributed by atoms with Crippen LogP contribution in [0.2, 0.25) is 10.0 Å². The lowest BCUT2D eigenvalue weighted by molar-refractivity contribution is -0.384. The van der Waals surface area contributed by atoms with Crippen molar-refractivity contribution in [1.82, 2.24) is 0 Å². The van der Waals surface area contributed by atoms with Crippen LogP contribution >= 0.6 is 23.2 Å². The quantitative estimate of drug-likeness (QED) is 0.388. The van der Waals surface area contributed by atoms with Crippen molar-refractivity contribution in [3.63, 3.8) is 0 Å². The zero-order valence-electron chi connectivity index (χ0n) is 15.7. The summed E-state index contributed by atoms with van der Waals surface area (Å²) in [7, 11) is -4.31. The molecule has 0 unspecified atom stereocenters. The van der Waals surface area contributed by atoms with Crippen LogP contribution in [0.1, 0.15) is 0 Å². The van der Waals surface area contributed by atoms with Crippen LogP contribution in [-0.2, 0) is 14.8 Å². The van der Waals surface area contributed by atoms with Crippen LogP contribution in [-0.4, -0.2) is 25.8 Å². The molecule has 1 N–H and O–H groups in total. The summed E-state index contributed by atoms with van der Waals surface area (Å²) in [5.74, 6) is -0.762. The van der Waals surface area contributed by atoms with Crippen molar-refractivity contribution in [3.05, 3.63) is 93.0 Å². The molecule has 0 aliphatic heterocycles. The Balaban J connectivity index is 2.04. The van der Waals surface area contributed by atoms with Crippen molar-refractivity contribution in [1.29, 1.82) is 0 Å². The largest absolute Gasteiger partial charge is 0.323 e. The highest BCUT2D eigenvalue weighted by Gasteiger charge is 2.32. The molecule has 0 spiro atoms. The van der Waals surface area contributed by atoms with E-state index >= 15 is 0 Å². The molecule has 0 radical (unpaired) electrons. The third-order valence-electron chi connectivity index (χ3n) is 4.17. The maximum absolute atomic E-state index is 13.3. The summed E-state index contributed by atoms with van der Waals surface area (Å²) in [6.07, 6.45) is 0. The molecule has 3 aromatic carbocycles. The van der Waals surface area contributed by atoms with Gasteiger partial charge in [-0.05, 0) is 36.4 Å². The molecule has 0 aliphatic carbocycles. The number of amides is 1. The number of anilines is 2. The molecule has 0 saturated heterocycles. The predicted molar refractivity (Wildman–Crippen MR) is 119 cm³/mol. The van der Waals surface area contributed by atoms with E-state index in [1.54, 1.807) is 6.07 Å². The van der Waals surface area contributed by atoms with Gasteiger partial charge in [0.05, 0.1) is 20.5 Å². The Morgan fingerprint density at radius 2 is 1.65 bits per heavy atom. The Hall–Kier alpha value is -3.14. The lowest BCUT2D eigenvalue weighted by Crippen LogP contribution is -2.38. The summed E-state index contributed by atoms with van der Waals surface area (Å²) >= 11 is 12.0. The summed E-state index contributed by atoms with van der Waals surface area (Å²) < 4.78 is 27.3. The lowest BCUT2D eigenvalue weighted by Gasteiger charge is -2.24. The summed E-state index contributed by atoms with van der Waals surface area (Å²) in [6.45, 7) is -0.731. The van der Waals surface area contributed by atoms with Crippen LogP contribution in [0, 0.1) is 10.1 Å². The third-order valence-corrected chi connectivity index (χ3v) is 6.51. The smallest absolute Gasteiger partial charge is 0.293 e. The second kappa shape index (κ2) is 9.34. The summed E-state index contributed by atoms with van der Waals surface area (Å²) in [6, 6.07) is 17.0. The molecule has 3 aromatic rings. The van der Waals surface area contributed by atoms with Crippen LogP contribution < -0.4 is 9.62 Å². The van der Waals surface area contributed by atoms with Gasteiger partial charge in [-0.2, -0.15) is 0 Å². The highest BCUT2D eigenvalue weighted by molar-refractivity contribution is 7.92. The molecule has 0 saturated carbocycles. The number of nitro groups is 1. The molecule has 11 heteroatoms. The van der Waals surface area contributed by atoms with Crippen molar-refractivity contribution in [2.45, 2.75) is 4.90 Å². The van der Waals surface area contributed by atoms with Crippen molar-refractivity contribution in [2.24, 2.45) is 0 Å². The van der Waals surface area contributed by atoms with Gasteiger partial charge in [0.1, 0.15) is 12.2 Å². The number of carbonyl (C=O) groups is 1. The van der Waals surface area contributed by atoms with Crippen LogP contribution in [0.15, 0.2) is 77.7 Å². The standard InChI is InChI=1S/C20H15Cl2N3O5S/c21-14-10-11-16(22)17(12-14)23-20(26)13-24(18-8-4-5-9-19(18)25(27)28)31(29,30)15-6-2-1-3-7-15/h1-12H,13H2,(H,23,26). The maximum atomic E-state index is 13.3. The maximum Gasteiger partial charge on any atom is 0.293 e. The van der Waals surface area contributed by atoms with Gasteiger partial charge in [-0.1, -0.05) is 53.5 Å². The fraction of sp³-hybridized carbons (Fsp3) is 0.0500. The first-order valence-electron chi connectivity index (χ1n) is 8.76. The molecular formula is C20H15Cl2N3O5S. The fourth-order valence-electron chi connectivity index (χ4n) is 2.76. The molecule has 0 heterocycles. The van der Waals surface area contributed by atoms with E-state index in [9.17, 15) is 23.3 Å².